The van der Waals surface area contributed by atoms with Crippen LogP contribution in [-0.4, -0.2) is 12.6 Å². The Hall–Kier alpha value is -1.82. The number of carbonyl (C=O) groups excluding carboxylic acids is 1. The van der Waals surface area contributed by atoms with Crippen molar-refractivity contribution in [2.75, 3.05) is 6.61 Å². The van der Waals surface area contributed by atoms with Crippen LogP contribution in [0.2, 0.25) is 0 Å². The molecular weight excluding hydrogens is 190 g/mol. The molecule has 3 nitrogen and oxygen atoms in total. The molecule has 0 aliphatic heterocycles. The average molecular weight is 203 g/mol. The zero-order chi connectivity index (χ0) is 11.1. The van der Waals surface area contributed by atoms with E-state index in [-0.39, 0.29) is 0 Å². The number of hydrogen-bond donors (Lipinski definition) is 0. The van der Waals surface area contributed by atoms with Crippen LogP contribution in [0.5, 0.6) is 0 Å². The van der Waals surface area contributed by atoms with E-state index in [2.05, 4.69) is 0 Å². The molecule has 0 fully saturated rings. The van der Waals surface area contributed by atoms with Crippen molar-refractivity contribution in [2.24, 2.45) is 0 Å². The minimum Gasteiger partial charge on any atom is -0.462 e. The van der Waals surface area contributed by atoms with Gasteiger partial charge in [0.25, 0.3) is 0 Å². The molecule has 0 saturated carbocycles. The number of hydrogen-bond acceptors (Lipinski definition) is 3. The standard InChI is InChI=1S/C12H13NO2/c1-2-3-8-15-12(14)11-7-5-4-6-10(11)9-13/h4-7H,2-3,8H2,1H3. The van der Waals surface area contributed by atoms with Crippen LogP contribution in [-0.2, 0) is 4.74 Å². The maximum atomic E-state index is 11.5. The lowest BCUT2D eigenvalue weighted by Crippen LogP contribution is -2.08. The van der Waals surface area contributed by atoms with Gasteiger partial charge in [-0.25, -0.2) is 4.79 Å². The molecule has 0 aromatic heterocycles. The largest absolute Gasteiger partial charge is 0.462 e. The van der Waals surface area contributed by atoms with Crippen molar-refractivity contribution in [2.45, 2.75) is 19.8 Å². The lowest BCUT2D eigenvalue weighted by molar-refractivity contribution is 0.0499. The van der Waals surface area contributed by atoms with E-state index in [4.69, 9.17) is 10.00 Å². The monoisotopic (exact) mass is 203 g/mol. The third-order valence-electron chi connectivity index (χ3n) is 2.00. The van der Waals surface area contributed by atoms with Crippen molar-refractivity contribution in [1.82, 2.24) is 0 Å². The fourth-order valence-corrected chi connectivity index (χ4v) is 1.15. The number of carbonyl (C=O) groups is 1. The van der Waals surface area contributed by atoms with Crippen molar-refractivity contribution in [3.05, 3.63) is 35.4 Å². The van der Waals surface area contributed by atoms with E-state index in [0.717, 1.165) is 12.8 Å². The second-order valence-corrected chi connectivity index (χ2v) is 3.15. The Morgan fingerprint density at radius 1 is 1.47 bits per heavy atom. The van der Waals surface area contributed by atoms with Crippen molar-refractivity contribution >= 4 is 5.97 Å². The molecule has 0 saturated heterocycles. The summed E-state index contributed by atoms with van der Waals surface area (Å²) in [5, 5.41) is 8.78. The lowest BCUT2D eigenvalue weighted by atomic mass is 10.1. The first kappa shape index (κ1) is 11.3. The van der Waals surface area contributed by atoms with Gasteiger partial charge in [-0.2, -0.15) is 5.26 Å². The van der Waals surface area contributed by atoms with Crippen molar-refractivity contribution < 1.29 is 9.53 Å². The summed E-state index contributed by atoms with van der Waals surface area (Å²) >= 11 is 0. The van der Waals surface area contributed by atoms with Gasteiger partial charge < -0.3 is 4.74 Å². The second-order valence-electron chi connectivity index (χ2n) is 3.15. The second kappa shape index (κ2) is 5.82. The smallest absolute Gasteiger partial charge is 0.339 e. The molecule has 0 N–H and O–H groups in total. The Bertz CT molecular complexity index is 379. The van der Waals surface area contributed by atoms with Gasteiger partial charge in [0.15, 0.2) is 0 Å². The predicted molar refractivity (Wildman–Crippen MR) is 56.3 cm³/mol. The molecule has 0 radical (unpaired) electrons. The van der Waals surface area contributed by atoms with E-state index in [1.54, 1.807) is 24.3 Å². The van der Waals surface area contributed by atoms with E-state index < -0.39 is 5.97 Å². The molecule has 1 aromatic carbocycles. The van der Waals surface area contributed by atoms with E-state index >= 15 is 0 Å². The summed E-state index contributed by atoms with van der Waals surface area (Å²) in [5.74, 6) is -0.416. The average Bonchev–Trinajstić information content (AvgIpc) is 2.29. The highest BCUT2D eigenvalue weighted by Gasteiger charge is 2.11. The molecule has 0 amide bonds. The summed E-state index contributed by atoms with van der Waals surface area (Å²) in [7, 11) is 0. The van der Waals surface area contributed by atoms with Crippen molar-refractivity contribution in [1.29, 1.82) is 5.26 Å². The molecule has 0 spiro atoms. The first-order valence-electron chi connectivity index (χ1n) is 4.95. The van der Waals surface area contributed by atoms with Crippen LogP contribution in [0.25, 0.3) is 0 Å². The molecule has 0 unspecified atom stereocenters. The Balaban J connectivity index is 2.70. The number of unbranched alkanes of at least 4 members (excludes halogenated alkanes) is 1. The molecule has 3 heteroatoms. The van der Waals surface area contributed by atoms with Crippen LogP contribution in [0, 0.1) is 11.3 Å². The molecule has 1 rings (SSSR count). The summed E-state index contributed by atoms with van der Waals surface area (Å²) in [6.45, 7) is 2.44. The number of nitriles is 1. The van der Waals surface area contributed by atoms with Crippen LogP contribution < -0.4 is 0 Å². The van der Waals surface area contributed by atoms with Crippen LogP contribution in [0.4, 0.5) is 0 Å². The Morgan fingerprint density at radius 2 is 2.20 bits per heavy atom. The van der Waals surface area contributed by atoms with Gasteiger partial charge in [0.2, 0.25) is 0 Å². The minimum absolute atomic E-state index is 0.344. The van der Waals surface area contributed by atoms with Gasteiger partial charge >= 0.3 is 5.97 Å². The summed E-state index contributed by atoms with van der Waals surface area (Å²) in [4.78, 5) is 11.5. The zero-order valence-electron chi connectivity index (χ0n) is 8.69. The van der Waals surface area contributed by atoms with Gasteiger partial charge in [-0.1, -0.05) is 25.5 Å². The maximum Gasteiger partial charge on any atom is 0.339 e. The number of nitrogens with zero attached hydrogens (tertiary/aromatic N) is 1. The normalized spacial score (nSPS) is 9.33. The van der Waals surface area contributed by atoms with Crippen LogP contribution >= 0.6 is 0 Å². The SMILES string of the molecule is CCCCOC(=O)c1ccccc1C#N. The maximum absolute atomic E-state index is 11.5. The molecule has 0 aliphatic rings. The number of benzene rings is 1. The van der Waals surface area contributed by atoms with Crippen LogP contribution in [0.1, 0.15) is 35.7 Å². The van der Waals surface area contributed by atoms with Gasteiger partial charge in [0.1, 0.15) is 6.07 Å². The summed E-state index contributed by atoms with van der Waals surface area (Å²) in [5.41, 5.74) is 0.704. The molecule has 0 aliphatic carbocycles. The van der Waals surface area contributed by atoms with E-state index in [1.807, 2.05) is 13.0 Å². The first-order valence-corrected chi connectivity index (χ1v) is 4.95. The predicted octanol–water partition coefficient (Wildman–Crippen LogP) is 2.52. The van der Waals surface area contributed by atoms with Gasteiger partial charge in [-0.15, -0.1) is 0 Å². The number of rotatable bonds is 4. The van der Waals surface area contributed by atoms with Gasteiger partial charge in [-0.3, -0.25) is 0 Å². The van der Waals surface area contributed by atoms with Gasteiger partial charge in [-0.05, 0) is 18.6 Å². The van der Waals surface area contributed by atoms with E-state index in [0.29, 0.717) is 17.7 Å². The zero-order valence-corrected chi connectivity index (χ0v) is 8.69. The Kier molecular flexibility index (Phi) is 4.36. The van der Waals surface area contributed by atoms with Crippen LogP contribution in [0.15, 0.2) is 24.3 Å². The first-order chi connectivity index (χ1) is 7.29. The highest BCUT2D eigenvalue weighted by atomic mass is 16.5. The molecule has 0 heterocycles. The molecule has 0 atom stereocenters. The third-order valence-corrected chi connectivity index (χ3v) is 2.00. The topological polar surface area (TPSA) is 50.1 Å². The number of ether oxygens (including phenoxy) is 1. The van der Waals surface area contributed by atoms with Crippen LogP contribution in [0.3, 0.4) is 0 Å². The minimum atomic E-state index is -0.416. The highest BCUT2D eigenvalue weighted by molar-refractivity contribution is 5.92. The quantitative estimate of drug-likeness (QED) is 0.558. The van der Waals surface area contributed by atoms with Crippen molar-refractivity contribution in [3.63, 3.8) is 0 Å². The lowest BCUT2D eigenvalue weighted by Gasteiger charge is -2.04. The van der Waals surface area contributed by atoms with Gasteiger partial charge in [0.05, 0.1) is 17.7 Å². The molecule has 78 valence electrons. The summed E-state index contributed by atoms with van der Waals surface area (Å²) in [6, 6.07) is 8.62. The Morgan fingerprint density at radius 3 is 2.87 bits per heavy atom. The molecule has 0 bridgehead atoms. The molecule has 15 heavy (non-hydrogen) atoms. The van der Waals surface area contributed by atoms with Crippen molar-refractivity contribution in [3.8, 4) is 6.07 Å². The fraction of sp³-hybridized carbons (Fsp3) is 0.333. The Labute approximate surface area is 89.3 Å². The molecular formula is C12H13NO2. The van der Waals surface area contributed by atoms with E-state index in [9.17, 15) is 4.79 Å². The highest BCUT2D eigenvalue weighted by Crippen LogP contribution is 2.09. The summed E-state index contributed by atoms with van der Waals surface area (Å²) in [6.07, 6.45) is 1.83. The summed E-state index contributed by atoms with van der Waals surface area (Å²) < 4.78 is 5.02. The molecule has 1 aromatic rings. The number of esters is 1. The van der Waals surface area contributed by atoms with Gasteiger partial charge in [0, 0.05) is 0 Å². The third kappa shape index (κ3) is 3.10. The fourth-order valence-electron chi connectivity index (χ4n) is 1.15. The van der Waals surface area contributed by atoms with E-state index in [1.165, 1.54) is 0 Å².